The molecule has 2 heterocycles. The minimum Gasteiger partial charge on any atom is -0.309 e. The Bertz CT molecular complexity index is 1960. The Morgan fingerprint density at radius 2 is 1.10 bits per heavy atom. The summed E-state index contributed by atoms with van der Waals surface area (Å²) < 4.78 is 2.32. The molecule has 0 saturated heterocycles. The van der Waals surface area contributed by atoms with Crippen molar-refractivity contribution < 1.29 is 0 Å². The molecule has 0 radical (unpaired) electrons. The molecule has 4 nitrogen and oxygen atoms in total. The molecule has 7 rings (SSSR count). The second-order valence-electron chi connectivity index (χ2n) is 11.0. The highest BCUT2D eigenvalue weighted by atomic mass is 15.0. The van der Waals surface area contributed by atoms with E-state index in [-0.39, 0.29) is 5.41 Å². The van der Waals surface area contributed by atoms with Crippen molar-refractivity contribution in [1.82, 2.24) is 19.5 Å². The van der Waals surface area contributed by atoms with E-state index >= 15 is 0 Å². The number of para-hydroxylation sites is 2. The summed E-state index contributed by atoms with van der Waals surface area (Å²) in [4.78, 5) is 14.9. The molecule has 0 amide bonds. The maximum absolute atomic E-state index is 5.01. The summed E-state index contributed by atoms with van der Waals surface area (Å²) >= 11 is 0. The fourth-order valence-corrected chi connectivity index (χ4v) is 5.28. The monoisotopic (exact) mass is 504 g/mol. The van der Waals surface area contributed by atoms with Gasteiger partial charge in [0.05, 0.1) is 11.0 Å². The molecule has 0 aliphatic rings. The third-order valence-electron chi connectivity index (χ3n) is 7.26. The molecule has 0 unspecified atom stereocenters. The molecule has 7 aromatic rings. The van der Waals surface area contributed by atoms with Crippen LogP contribution in [0.2, 0.25) is 0 Å². The summed E-state index contributed by atoms with van der Waals surface area (Å²) in [5.41, 5.74) is 5.16. The molecule has 188 valence electrons. The summed E-state index contributed by atoms with van der Waals surface area (Å²) in [7, 11) is 0. The molecule has 4 heteroatoms. The van der Waals surface area contributed by atoms with Gasteiger partial charge < -0.3 is 4.57 Å². The summed E-state index contributed by atoms with van der Waals surface area (Å²) in [6.45, 7) is 6.43. The van der Waals surface area contributed by atoms with Crippen LogP contribution >= 0.6 is 0 Å². The molecule has 0 aliphatic carbocycles. The van der Waals surface area contributed by atoms with Crippen molar-refractivity contribution in [3.05, 3.63) is 121 Å². The molecular weight excluding hydrogens is 476 g/mol. The average Bonchev–Trinajstić information content (AvgIpc) is 3.31. The largest absolute Gasteiger partial charge is 0.309 e. The third kappa shape index (κ3) is 4.05. The third-order valence-corrected chi connectivity index (χ3v) is 7.26. The molecule has 0 bridgehead atoms. The van der Waals surface area contributed by atoms with Crippen molar-refractivity contribution in [3.63, 3.8) is 0 Å². The summed E-state index contributed by atoms with van der Waals surface area (Å²) in [6, 6.07) is 40.4. The second kappa shape index (κ2) is 8.88. The normalized spacial score (nSPS) is 12.0. The highest BCUT2D eigenvalue weighted by Crippen LogP contribution is 2.33. The Balaban J connectivity index is 1.42. The van der Waals surface area contributed by atoms with Gasteiger partial charge in [-0.05, 0) is 41.1 Å². The quantitative estimate of drug-likeness (QED) is 0.242. The number of rotatable bonds is 3. The van der Waals surface area contributed by atoms with Gasteiger partial charge in [-0.25, -0.2) is 15.0 Å². The molecular formula is C35H28N4. The molecule has 0 aliphatic heterocycles. The van der Waals surface area contributed by atoms with Crippen molar-refractivity contribution in [2.45, 2.75) is 26.2 Å². The van der Waals surface area contributed by atoms with E-state index < -0.39 is 0 Å². The van der Waals surface area contributed by atoms with Crippen LogP contribution in [0, 0.1) is 0 Å². The minimum absolute atomic E-state index is 0.228. The molecule has 0 spiro atoms. The highest BCUT2D eigenvalue weighted by molar-refractivity contribution is 6.09. The Hall–Kier alpha value is -4.83. The lowest BCUT2D eigenvalue weighted by molar-refractivity contribution is 0.543. The van der Waals surface area contributed by atoms with Gasteiger partial charge >= 0.3 is 0 Å². The molecule has 0 saturated carbocycles. The zero-order valence-electron chi connectivity index (χ0n) is 22.3. The standard InChI is InChI=1S/C35H28N4/c1-35(2,3)34-37-32(36-33(38-34)26-20-19-23-11-4-5-12-24(23)21-26)25-13-10-14-27(22-25)39-30-17-8-6-15-28(30)29-16-7-9-18-31(29)39/h4-22H,1-3H3. The number of hydrogen-bond donors (Lipinski definition) is 0. The first-order chi connectivity index (χ1) is 19.0. The van der Waals surface area contributed by atoms with Gasteiger partial charge in [0.2, 0.25) is 0 Å². The van der Waals surface area contributed by atoms with Gasteiger partial charge in [-0.1, -0.05) is 106 Å². The van der Waals surface area contributed by atoms with Gasteiger partial charge in [0.1, 0.15) is 5.82 Å². The Morgan fingerprint density at radius 1 is 0.513 bits per heavy atom. The fraction of sp³-hybridized carbons (Fsp3) is 0.114. The van der Waals surface area contributed by atoms with Crippen LogP contribution in [-0.4, -0.2) is 19.5 Å². The highest BCUT2D eigenvalue weighted by Gasteiger charge is 2.21. The van der Waals surface area contributed by atoms with E-state index in [0.717, 1.165) is 22.6 Å². The van der Waals surface area contributed by atoms with Crippen molar-refractivity contribution >= 4 is 32.6 Å². The maximum atomic E-state index is 5.01. The number of benzene rings is 5. The van der Waals surface area contributed by atoms with Crippen molar-refractivity contribution in [1.29, 1.82) is 0 Å². The predicted molar refractivity (Wildman–Crippen MR) is 161 cm³/mol. The first kappa shape index (κ1) is 23.3. The van der Waals surface area contributed by atoms with E-state index in [1.54, 1.807) is 0 Å². The topological polar surface area (TPSA) is 43.6 Å². The Labute approximate surface area is 227 Å². The number of hydrogen-bond acceptors (Lipinski definition) is 3. The predicted octanol–water partition coefficient (Wildman–Crippen LogP) is 8.75. The van der Waals surface area contributed by atoms with Crippen molar-refractivity contribution in [2.75, 3.05) is 0 Å². The lowest BCUT2D eigenvalue weighted by Gasteiger charge is -2.18. The molecule has 5 aromatic carbocycles. The average molecular weight is 505 g/mol. The second-order valence-corrected chi connectivity index (χ2v) is 11.0. The SMILES string of the molecule is CC(C)(C)c1nc(-c2cccc(-n3c4ccccc4c4ccccc43)c2)nc(-c2ccc3ccccc3c2)n1. The van der Waals surface area contributed by atoms with E-state index in [1.165, 1.54) is 32.6 Å². The van der Waals surface area contributed by atoms with Gasteiger partial charge in [-0.15, -0.1) is 0 Å². The van der Waals surface area contributed by atoms with Crippen LogP contribution in [0.15, 0.2) is 115 Å². The zero-order valence-corrected chi connectivity index (χ0v) is 22.3. The van der Waals surface area contributed by atoms with E-state index in [1.807, 2.05) is 0 Å². The summed E-state index contributed by atoms with van der Waals surface area (Å²) in [5, 5.41) is 4.85. The fourth-order valence-electron chi connectivity index (χ4n) is 5.28. The lowest BCUT2D eigenvalue weighted by atomic mass is 9.95. The first-order valence-corrected chi connectivity index (χ1v) is 13.3. The van der Waals surface area contributed by atoms with Gasteiger partial charge in [0, 0.05) is 33.0 Å². The van der Waals surface area contributed by atoms with Crippen molar-refractivity contribution in [2.24, 2.45) is 0 Å². The van der Waals surface area contributed by atoms with E-state index in [0.29, 0.717) is 11.6 Å². The van der Waals surface area contributed by atoms with Crippen LogP contribution in [0.5, 0.6) is 0 Å². The number of aromatic nitrogens is 4. The number of nitrogens with zero attached hydrogens (tertiary/aromatic N) is 4. The van der Waals surface area contributed by atoms with Crippen LogP contribution in [-0.2, 0) is 5.41 Å². The first-order valence-electron chi connectivity index (χ1n) is 13.3. The van der Waals surface area contributed by atoms with Crippen LogP contribution in [0.3, 0.4) is 0 Å². The van der Waals surface area contributed by atoms with Crippen molar-refractivity contribution in [3.8, 4) is 28.5 Å². The minimum atomic E-state index is -0.228. The Morgan fingerprint density at radius 3 is 1.77 bits per heavy atom. The molecule has 0 fully saturated rings. The summed E-state index contributed by atoms with van der Waals surface area (Å²) in [6.07, 6.45) is 0. The molecule has 39 heavy (non-hydrogen) atoms. The van der Waals surface area contributed by atoms with Gasteiger partial charge in [0.15, 0.2) is 11.6 Å². The van der Waals surface area contributed by atoms with E-state index in [4.69, 9.17) is 15.0 Å². The summed E-state index contributed by atoms with van der Waals surface area (Å²) in [5.74, 6) is 2.15. The molecule has 2 aromatic heterocycles. The van der Waals surface area contributed by atoms with Gasteiger partial charge in [-0.3, -0.25) is 0 Å². The number of fused-ring (bicyclic) bond motifs is 4. The Kier molecular flexibility index (Phi) is 5.31. The zero-order chi connectivity index (χ0) is 26.6. The molecule has 0 atom stereocenters. The molecule has 0 N–H and O–H groups in total. The van der Waals surface area contributed by atoms with Crippen LogP contribution in [0.1, 0.15) is 26.6 Å². The van der Waals surface area contributed by atoms with Crippen LogP contribution < -0.4 is 0 Å². The maximum Gasteiger partial charge on any atom is 0.163 e. The van der Waals surface area contributed by atoms with E-state index in [9.17, 15) is 0 Å². The van der Waals surface area contributed by atoms with Crippen LogP contribution in [0.4, 0.5) is 0 Å². The van der Waals surface area contributed by atoms with Gasteiger partial charge in [-0.2, -0.15) is 0 Å². The lowest BCUT2D eigenvalue weighted by Crippen LogP contribution is -2.18. The smallest absolute Gasteiger partial charge is 0.163 e. The van der Waals surface area contributed by atoms with Crippen LogP contribution in [0.25, 0.3) is 61.0 Å². The van der Waals surface area contributed by atoms with E-state index in [2.05, 4.69) is 141 Å². The van der Waals surface area contributed by atoms with Gasteiger partial charge in [0.25, 0.3) is 0 Å².